The topological polar surface area (TPSA) is 75.9 Å². The van der Waals surface area contributed by atoms with Crippen molar-refractivity contribution in [2.75, 3.05) is 31.2 Å². The average molecular weight is 462 g/mol. The molecule has 2 fully saturated rings. The standard InChI is InChI=1S/C26H27N3O3S/c27-24(30)20-8-6-18(7-9-20)17-29(21-10-11-21)25(31)23-16-22(19-4-2-1-3-5-19)26(33-23)28-12-14-32-15-13-28/h1-9,16,21H,10-15,17H2,(H2,27,30). The summed E-state index contributed by atoms with van der Waals surface area (Å²) in [6.07, 6.45) is 2.05. The highest BCUT2D eigenvalue weighted by Crippen LogP contribution is 2.41. The summed E-state index contributed by atoms with van der Waals surface area (Å²) in [5.41, 5.74) is 9.05. The van der Waals surface area contributed by atoms with E-state index in [4.69, 9.17) is 10.5 Å². The van der Waals surface area contributed by atoms with Crippen molar-refractivity contribution in [1.29, 1.82) is 0 Å². The minimum absolute atomic E-state index is 0.0677. The molecule has 6 nitrogen and oxygen atoms in total. The van der Waals surface area contributed by atoms with Gasteiger partial charge < -0.3 is 20.3 Å². The first-order valence-corrected chi connectivity index (χ1v) is 12.1. The predicted molar refractivity (Wildman–Crippen MR) is 131 cm³/mol. The van der Waals surface area contributed by atoms with Gasteiger partial charge in [-0.2, -0.15) is 0 Å². The highest BCUT2D eigenvalue weighted by molar-refractivity contribution is 7.18. The molecule has 0 spiro atoms. The van der Waals surface area contributed by atoms with Crippen molar-refractivity contribution < 1.29 is 14.3 Å². The van der Waals surface area contributed by atoms with Crippen molar-refractivity contribution in [3.8, 4) is 11.1 Å². The molecule has 1 aliphatic heterocycles. The number of rotatable bonds is 7. The number of hydrogen-bond donors (Lipinski definition) is 1. The van der Waals surface area contributed by atoms with Crippen LogP contribution in [0.2, 0.25) is 0 Å². The van der Waals surface area contributed by atoms with Crippen molar-refractivity contribution >= 4 is 28.2 Å². The van der Waals surface area contributed by atoms with E-state index in [-0.39, 0.29) is 11.9 Å². The normalized spacial score (nSPS) is 15.9. The maximum absolute atomic E-state index is 13.7. The van der Waals surface area contributed by atoms with Gasteiger partial charge >= 0.3 is 0 Å². The van der Waals surface area contributed by atoms with Crippen LogP contribution in [0, 0.1) is 0 Å². The number of nitrogens with two attached hydrogens (primary N) is 1. The Morgan fingerprint density at radius 1 is 1.03 bits per heavy atom. The largest absolute Gasteiger partial charge is 0.378 e. The lowest BCUT2D eigenvalue weighted by Crippen LogP contribution is -2.36. The van der Waals surface area contributed by atoms with E-state index in [1.807, 2.05) is 35.2 Å². The molecule has 2 N–H and O–H groups in total. The van der Waals surface area contributed by atoms with E-state index in [0.29, 0.717) is 25.3 Å². The number of carbonyl (C=O) groups excluding carboxylic acids is 2. The third kappa shape index (κ3) is 4.79. The minimum atomic E-state index is -0.445. The summed E-state index contributed by atoms with van der Waals surface area (Å²) in [6, 6.07) is 19.8. The highest BCUT2D eigenvalue weighted by Gasteiger charge is 2.34. The third-order valence-electron chi connectivity index (χ3n) is 6.15. The molecular formula is C26H27N3O3S. The maximum Gasteiger partial charge on any atom is 0.264 e. The summed E-state index contributed by atoms with van der Waals surface area (Å²) in [5.74, 6) is -0.377. The van der Waals surface area contributed by atoms with Gasteiger partial charge in [0.15, 0.2) is 0 Å². The predicted octanol–water partition coefficient (Wildman–Crippen LogP) is 4.16. The van der Waals surface area contributed by atoms with E-state index in [9.17, 15) is 9.59 Å². The quantitative estimate of drug-likeness (QED) is 0.573. The van der Waals surface area contributed by atoms with Gasteiger partial charge in [-0.25, -0.2) is 0 Å². The van der Waals surface area contributed by atoms with Crippen LogP contribution in [-0.2, 0) is 11.3 Å². The molecule has 170 valence electrons. The highest BCUT2D eigenvalue weighted by atomic mass is 32.1. The first-order chi connectivity index (χ1) is 16.1. The van der Waals surface area contributed by atoms with Gasteiger partial charge in [-0.15, -0.1) is 11.3 Å². The second-order valence-corrected chi connectivity index (χ2v) is 9.55. The molecule has 2 heterocycles. The van der Waals surface area contributed by atoms with Crippen molar-refractivity contribution in [2.45, 2.75) is 25.4 Å². The smallest absolute Gasteiger partial charge is 0.264 e. The number of nitrogens with zero attached hydrogens (tertiary/aromatic N) is 2. The van der Waals surface area contributed by atoms with E-state index in [1.165, 1.54) is 0 Å². The van der Waals surface area contributed by atoms with Gasteiger partial charge in [-0.1, -0.05) is 42.5 Å². The van der Waals surface area contributed by atoms with Crippen LogP contribution in [0.3, 0.4) is 0 Å². The van der Waals surface area contributed by atoms with Crippen LogP contribution in [0.25, 0.3) is 11.1 Å². The molecule has 1 saturated heterocycles. The molecule has 5 rings (SSSR count). The number of ether oxygens (including phenoxy) is 1. The van der Waals surface area contributed by atoms with E-state index in [0.717, 1.165) is 52.5 Å². The van der Waals surface area contributed by atoms with Gasteiger partial charge in [-0.3, -0.25) is 9.59 Å². The summed E-state index contributed by atoms with van der Waals surface area (Å²) in [7, 11) is 0. The molecule has 1 saturated carbocycles. The fourth-order valence-electron chi connectivity index (χ4n) is 4.18. The molecular weight excluding hydrogens is 434 g/mol. The molecule has 0 atom stereocenters. The van der Waals surface area contributed by atoms with Crippen LogP contribution in [-0.4, -0.2) is 49.1 Å². The molecule has 0 radical (unpaired) electrons. The lowest BCUT2D eigenvalue weighted by atomic mass is 10.1. The van der Waals surface area contributed by atoms with Crippen LogP contribution < -0.4 is 10.6 Å². The van der Waals surface area contributed by atoms with Crippen LogP contribution in [0.4, 0.5) is 5.00 Å². The van der Waals surface area contributed by atoms with Crippen molar-refractivity contribution in [1.82, 2.24) is 4.90 Å². The fraction of sp³-hybridized carbons (Fsp3) is 0.308. The minimum Gasteiger partial charge on any atom is -0.378 e. The molecule has 2 aromatic carbocycles. The zero-order valence-electron chi connectivity index (χ0n) is 18.4. The lowest BCUT2D eigenvalue weighted by Gasteiger charge is -2.28. The van der Waals surface area contributed by atoms with Crippen LogP contribution in [0.5, 0.6) is 0 Å². The van der Waals surface area contributed by atoms with Gasteiger partial charge in [-0.05, 0) is 42.2 Å². The van der Waals surface area contributed by atoms with Crippen LogP contribution in [0.15, 0.2) is 60.7 Å². The van der Waals surface area contributed by atoms with Crippen LogP contribution >= 0.6 is 11.3 Å². The summed E-state index contributed by atoms with van der Waals surface area (Å²) in [5, 5.41) is 1.13. The van der Waals surface area contributed by atoms with Gasteiger partial charge in [0.25, 0.3) is 5.91 Å². The Hall–Kier alpha value is -3.16. The monoisotopic (exact) mass is 461 g/mol. The number of anilines is 1. The van der Waals surface area contributed by atoms with Crippen molar-refractivity contribution in [3.63, 3.8) is 0 Å². The van der Waals surface area contributed by atoms with Crippen molar-refractivity contribution in [3.05, 3.63) is 76.7 Å². The summed E-state index contributed by atoms with van der Waals surface area (Å²) in [4.78, 5) is 30.1. The zero-order valence-corrected chi connectivity index (χ0v) is 19.2. The molecule has 2 aliphatic rings. The molecule has 33 heavy (non-hydrogen) atoms. The number of benzene rings is 2. The van der Waals surface area contributed by atoms with Crippen LogP contribution in [0.1, 0.15) is 38.4 Å². The number of hydrogen-bond acceptors (Lipinski definition) is 5. The Labute approximate surface area is 197 Å². The average Bonchev–Trinajstić information content (AvgIpc) is 3.60. The van der Waals surface area contributed by atoms with E-state index in [2.05, 4.69) is 23.1 Å². The zero-order chi connectivity index (χ0) is 22.8. The number of morpholine rings is 1. The van der Waals surface area contributed by atoms with E-state index < -0.39 is 5.91 Å². The summed E-state index contributed by atoms with van der Waals surface area (Å²) < 4.78 is 5.55. The molecule has 0 unspecified atom stereocenters. The first kappa shape index (κ1) is 21.7. The Balaban J connectivity index is 1.44. The van der Waals surface area contributed by atoms with Gasteiger partial charge in [0.1, 0.15) is 0 Å². The molecule has 0 bridgehead atoms. The molecule has 1 aliphatic carbocycles. The molecule has 7 heteroatoms. The van der Waals surface area contributed by atoms with Gasteiger partial charge in [0.05, 0.1) is 23.1 Å². The maximum atomic E-state index is 13.7. The number of primary amides is 1. The number of carbonyl (C=O) groups is 2. The Morgan fingerprint density at radius 3 is 2.36 bits per heavy atom. The molecule has 3 aromatic rings. The van der Waals surface area contributed by atoms with Gasteiger partial charge in [0, 0.05) is 36.8 Å². The Morgan fingerprint density at radius 2 is 1.73 bits per heavy atom. The van der Waals surface area contributed by atoms with E-state index in [1.54, 1.807) is 23.5 Å². The Kier molecular flexibility index (Phi) is 6.15. The SMILES string of the molecule is NC(=O)c1ccc(CN(C(=O)c2cc(-c3ccccc3)c(N3CCOCC3)s2)C2CC2)cc1. The van der Waals surface area contributed by atoms with E-state index >= 15 is 0 Å². The van der Waals surface area contributed by atoms with Gasteiger partial charge in [0.2, 0.25) is 5.91 Å². The number of amides is 2. The molecule has 2 amide bonds. The second kappa shape index (κ2) is 9.37. The number of thiophene rings is 1. The fourth-order valence-corrected chi connectivity index (χ4v) is 5.37. The Bertz CT molecular complexity index is 1130. The summed E-state index contributed by atoms with van der Waals surface area (Å²) in [6.45, 7) is 3.57. The summed E-state index contributed by atoms with van der Waals surface area (Å²) >= 11 is 1.58. The third-order valence-corrected chi connectivity index (χ3v) is 7.33. The lowest BCUT2D eigenvalue weighted by molar-refractivity contribution is 0.0734. The second-order valence-electron chi connectivity index (χ2n) is 8.52. The molecule has 1 aromatic heterocycles. The van der Waals surface area contributed by atoms with Crippen molar-refractivity contribution in [2.24, 2.45) is 5.73 Å². The first-order valence-electron chi connectivity index (χ1n) is 11.3.